The molecule has 1 rings (SSSR count). The average molecular weight is 280 g/mol. The number of amides is 2. The number of anilines is 1. The number of aliphatic hydroxyl groups excluding tert-OH is 2. The second kappa shape index (κ2) is 7.02. The van der Waals surface area contributed by atoms with Crippen LogP contribution in [0, 0.1) is 0 Å². The minimum atomic E-state index is -1.04. The molecule has 0 fully saturated rings. The van der Waals surface area contributed by atoms with Crippen molar-refractivity contribution in [3.8, 4) is 0 Å². The van der Waals surface area contributed by atoms with E-state index < -0.39 is 11.6 Å². The van der Waals surface area contributed by atoms with Crippen molar-refractivity contribution in [2.45, 2.75) is 25.8 Å². The van der Waals surface area contributed by atoms with E-state index in [1.807, 2.05) is 0 Å². The highest BCUT2D eigenvalue weighted by Crippen LogP contribution is 2.12. The normalized spacial score (nSPS) is 11.0. The summed E-state index contributed by atoms with van der Waals surface area (Å²) in [4.78, 5) is 22.9. The number of rotatable bonds is 6. The van der Waals surface area contributed by atoms with Gasteiger partial charge in [-0.15, -0.1) is 0 Å². The van der Waals surface area contributed by atoms with E-state index in [0.29, 0.717) is 17.7 Å². The average Bonchev–Trinajstić information content (AvgIpc) is 2.45. The molecule has 1 aromatic rings. The number of benzene rings is 1. The molecule has 20 heavy (non-hydrogen) atoms. The molecular formula is C14H20N2O4. The lowest BCUT2D eigenvalue weighted by Crippen LogP contribution is -2.55. The maximum Gasteiger partial charge on any atom is 0.319 e. The summed E-state index contributed by atoms with van der Waals surface area (Å²) < 4.78 is 0. The number of hydrogen-bond donors (Lipinski definition) is 4. The maximum atomic E-state index is 11.8. The molecule has 0 saturated heterocycles. The third-order valence-corrected chi connectivity index (χ3v) is 3.21. The van der Waals surface area contributed by atoms with Gasteiger partial charge in [-0.1, -0.05) is 6.92 Å². The van der Waals surface area contributed by atoms with Crippen LogP contribution in [0.2, 0.25) is 0 Å². The molecule has 0 atom stereocenters. The smallest absolute Gasteiger partial charge is 0.319 e. The van der Waals surface area contributed by atoms with Gasteiger partial charge in [-0.25, -0.2) is 4.79 Å². The number of Topliss-reactive ketones (excluding diaryl/α,β-unsaturated/α-hetero) is 1. The summed E-state index contributed by atoms with van der Waals surface area (Å²) >= 11 is 0. The van der Waals surface area contributed by atoms with Crippen LogP contribution in [0.25, 0.3) is 0 Å². The predicted molar refractivity (Wildman–Crippen MR) is 75.8 cm³/mol. The number of nitrogens with one attached hydrogen (secondary N) is 2. The van der Waals surface area contributed by atoms with Gasteiger partial charge in [-0.05, 0) is 37.6 Å². The molecule has 6 heteroatoms. The van der Waals surface area contributed by atoms with Gasteiger partial charge in [0, 0.05) is 11.3 Å². The topological polar surface area (TPSA) is 98.7 Å². The van der Waals surface area contributed by atoms with E-state index in [-0.39, 0.29) is 19.0 Å². The van der Waals surface area contributed by atoms with Crippen molar-refractivity contribution >= 4 is 17.5 Å². The van der Waals surface area contributed by atoms with Gasteiger partial charge in [-0.3, -0.25) is 4.79 Å². The third kappa shape index (κ3) is 4.04. The summed E-state index contributed by atoms with van der Waals surface area (Å²) in [6, 6.07) is 5.93. The van der Waals surface area contributed by atoms with Gasteiger partial charge in [0.2, 0.25) is 0 Å². The molecule has 6 nitrogen and oxygen atoms in total. The zero-order valence-electron chi connectivity index (χ0n) is 11.6. The fourth-order valence-electron chi connectivity index (χ4n) is 1.63. The van der Waals surface area contributed by atoms with Gasteiger partial charge in [0.25, 0.3) is 0 Å². The molecular weight excluding hydrogens is 260 g/mol. The van der Waals surface area contributed by atoms with Crippen LogP contribution in [-0.2, 0) is 0 Å². The SMILES string of the molecule is CCC(CO)(CO)NC(=O)Nc1ccc(C(C)=O)cc1. The van der Waals surface area contributed by atoms with Crippen molar-refractivity contribution in [1.82, 2.24) is 5.32 Å². The molecule has 0 aliphatic rings. The van der Waals surface area contributed by atoms with Crippen LogP contribution in [0.15, 0.2) is 24.3 Å². The lowest BCUT2D eigenvalue weighted by atomic mass is 9.99. The molecule has 2 amide bonds. The Morgan fingerprint density at radius 3 is 2.10 bits per heavy atom. The van der Waals surface area contributed by atoms with E-state index in [9.17, 15) is 19.8 Å². The summed E-state index contributed by atoms with van der Waals surface area (Å²) in [5.41, 5.74) is 0.0432. The first kappa shape index (κ1) is 16.1. The number of hydrogen-bond acceptors (Lipinski definition) is 4. The van der Waals surface area contributed by atoms with Gasteiger partial charge < -0.3 is 20.8 Å². The highest BCUT2D eigenvalue weighted by Gasteiger charge is 2.28. The molecule has 0 aromatic heterocycles. The van der Waals surface area contributed by atoms with E-state index >= 15 is 0 Å². The Morgan fingerprint density at radius 2 is 1.70 bits per heavy atom. The van der Waals surface area contributed by atoms with Crippen LogP contribution in [0.1, 0.15) is 30.6 Å². The summed E-state index contributed by atoms with van der Waals surface area (Å²) in [6.45, 7) is 2.52. The van der Waals surface area contributed by atoms with Crippen molar-refractivity contribution in [3.05, 3.63) is 29.8 Å². The Morgan fingerprint density at radius 1 is 1.15 bits per heavy atom. The molecule has 0 aliphatic carbocycles. The molecule has 110 valence electrons. The first-order valence-corrected chi connectivity index (χ1v) is 6.38. The second-order valence-corrected chi connectivity index (χ2v) is 4.66. The van der Waals surface area contributed by atoms with Crippen LogP contribution >= 0.6 is 0 Å². The number of aliphatic hydroxyl groups is 2. The fourth-order valence-corrected chi connectivity index (χ4v) is 1.63. The summed E-state index contributed by atoms with van der Waals surface area (Å²) in [7, 11) is 0. The standard InChI is InChI=1S/C14H20N2O4/c1-3-14(8-17,9-18)16-13(20)15-12-6-4-11(5-7-12)10(2)19/h4-7,17-18H,3,8-9H2,1-2H3,(H2,15,16,20). The largest absolute Gasteiger partial charge is 0.394 e. The van der Waals surface area contributed by atoms with E-state index in [1.54, 1.807) is 31.2 Å². The quantitative estimate of drug-likeness (QED) is 0.587. The molecule has 0 radical (unpaired) electrons. The van der Waals surface area contributed by atoms with Crippen LogP contribution in [-0.4, -0.2) is 40.8 Å². The highest BCUT2D eigenvalue weighted by atomic mass is 16.3. The predicted octanol–water partition coefficient (Wildman–Crippen LogP) is 1.14. The molecule has 4 N–H and O–H groups in total. The van der Waals surface area contributed by atoms with Gasteiger partial charge in [0.05, 0.1) is 18.8 Å². The van der Waals surface area contributed by atoms with Crippen molar-refractivity contribution in [3.63, 3.8) is 0 Å². The number of urea groups is 1. The Kier molecular flexibility index (Phi) is 5.66. The number of carbonyl (C=O) groups excluding carboxylic acids is 2. The van der Waals surface area contributed by atoms with Crippen molar-refractivity contribution in [1.29, 1.82) is 0 Å². The first-order valence-electron chi connectivity index (χ1n) is 6.38. The molecule has 0 bridgehead atoms. The van der Waals surface area contributed by atoms with Gasteiger partial charge in [-0.2, -0.15) is 0 Å². The number of carbonyl (C=O) groups is 2. The Hall–Kier alpha value is -1.92. The molecule has 0 aliphatic heterocycles. The van der Waals surface area contributed by atoms with Crippen LogP contribution in [0.5, 0.6) is 0 Å². The zero-order valence-corrected chi connectivity index (χ0v) is 11.6. The summed E-state index contributed by atoms with van der Waals surface area (Å²) in [6.07, 6.45) is 0.399. The molecule has 0 spiro atoms. The lowest BCUT2D eigenvalue weighted by molar-refractivity contribution is 0.0955. The number of ketones is 1. The van der Waals surface area contributed by atoms with E-state index in [2.05, 4.69) is 10.6 Å². The summed E-state index contributed by atoms with van der Waals surface area (Å²) in [5, 5.41) is 23.6. The van der Waals surface area contributed by atoms with E-state index in [4.69, 9.17) is 0 Å². The van der Waals surface area contributed by atoms with E-state index in [1.165, 1.54) is 6.92 Å². The van der Waals surface area contributed by atoms with Crippen molar-refractivity contribution < 1.29 is 19.8 Å². The minimum Gasteiger partial charge on any atom is -0.394 e. The van der Waals surface area contributed by atoms with Gasteiger partial charge in [0.1, 0.15) is 0 Å². The fraction of sp³-hybridized carbons (Fsp3) is 0.429. The van der Waals surface area contributed by atoms with Crippen LogP contribution in [0.4, 0.5) is 10.5 Å². The van der Waals surface area contributed by atoms with Crippen molar-refractivity contribution in [2.75, 3.05) is 18.5 Å². The van der Waals surface area contributed by atoms with Gasteiger partial charge in [0.15, 0.2) is 5.78 Å². The minimum absolute atomic E-state index is 0.0495. The van der Waals surface area contributed by atoms with Crippen LogP contribution < -0.4 is 10.6 Å². The van der Waals surface area contributed by atoms with Crippen molar-refractivity contribution in [2.24, 2.45) is 0 Å². The van der Waals surface area contributed by atoms with E-state index in [0.717, 1.165) is 0 Å². The monoisotopic (exact) mass is 280 g/mol. The second-order valence-electron chi connectivity index (χ2n) is 4.66. The summed E-state index contributed by atoms with van der Waals surface area (Å²) in [5.74, 6) is -0.0495. The zero-order chi connectivity index (χ0) is 15.2. The van der Waals surface area contributed by atoms with Crippen LogP contribution in [0.3, 0.4) is 0 Å². The Bertz CT molecular complexity index is 458. The van der Waals surface area contributed by atoms with Gasteiger partial charge >= 0.3 is 6.03 Å². The Labute approximate surface area is 117 Å². The highest BCUT2D eigenvalue weighted by molar-refractivity contribution is 5.95. The molecule has 0 unspecified atom stereocenters. The lowest BCUT2D eigenvalue weighted by Gasteiger charge is -2.29. The first-order chi connectivity index (χ1) is 9.46. The maximum absolute atomic E-state index is 11.8. The molecule has 0 heterocycles. The molecule has 1 aromatic carbocycles. The molecule has 0 saturated carbocycles. The Balaban J connectivity index is 2.68. The third-order valence-electron chi connectivity index (χ3n) is 3.21.